The quantitative estimate of drug-likeness (QED) is 0.762. The van der Waals surface area contributed by atoms with Crippen LogP contribution in [0.25, 0.3) is 0 Å². The molecular formula is C8H13BrN2S. The van der Waals surface area contributed by atoms with E-state index in [1.165, 1.54) is 0 Å². The zero-order valence-electron chi connectivity index (χ0n) is 7.38. The van der Waals surface area contributed by atoms with Gasteiger partial charge in [-0.3, -0.25) is 0 Å². The van der Waals surface area contributed by atoms with Gasteiger partial charge in [0.05, 0.1) is 5.69 Å². The third-order valence-corrected chi connectivity index (χ3v) is 2.99. The molecule has 0 radical (unpaired) electrons. The summed E-state index contributed by atoms with van der Waals surface area (Å²) in [7, 11) is 0. The van der Waals surface area contributed by atoms with Crippen molar-refractivity contribution < 1.29 is 0 Å². The van der Waals surface area contributed by atoms with Gasteiger partial charge < -0.3 is 4.90 Å². The van der Waals surface area contributed by atoms with E-state index in [4.69, 9.17) is 0 Å². The van der Waals surface area contributed by atoms with Crippen LogP contribution in [0.3, 0.4) is 0 Å². The largest absolute Gasteiger partial charge is 0.348 e. The van der Waals surface area contributed by atoms with E-state index in [-0.39, 0.29) is 0 Å². The third kappa shape index (κ3) is 2.45. The smallest absolute Gasteiger partial charge is 0.185 e. The van der Waals surface area contributed by atoms with Crippen LogP contribution in [0.1, 0.15) is 12.6 Å². The van der Waals surface area contributed by atoms with E-state index in [2.05, 4.69) is 38.1 Å². The van der Waals surface area contributed by atoms with Gasteiger partial charge >= 0.3 is 0 Å². The van der Waals surface area contributed by atoms with Crippen LogP contribution in [-0.2, 0) is 0 Å². The van der Waals surface area contributed by atoms with Gasteiger partial charge in [-0.05, 0) is 13.8 Å². The minimum Gasteiger partial charge on any atom is -0.348 e. The average molecular weight is 249 g/mol. The van der Waals surface area contributed by atoms with Gasteiger partial charge in [0.25, 0.3) is 0 Å². The molecule has 0 aliphatic rings. The van der Waals surface area contributed by atoms with E-state index in [9.17, 15) is 0 Å². The maximum atomic E-state index is 4.42. The predicted octanol–water partition coefficient (Wildman–Crippen LogP) is 2.67. The third-order valence-electron chi connectivity index (χ3n) is 1.61. The fourth-order valence-corrected chi connectivity index (χ4v) is 2.30. The number of thiazole rings is 1. The fraction of sp³-hybridized carbons (Fsp3) is 0.625. The van der Waals surface area contributed by atoms with Crippen LogP contribution in [0.5, 0.6) is 0 Å². The van der Waals surface area contributed by atoms with E-state index in [1.807, 2.05) is 6.92 Å². The van der Waals surface area contributed by atoms with Gasteiger partial charge in [0.2, 0.25) is 0 Å². The molecule has 1 heterocycles. The van der Waals surface area contributed by atoms with Crippen LogP contribution in [0.15, 0.2) is 5.38 Å². The van der Waals surface area contributed by atoms with Crippen molar-refractivity contribution in [3.05, 3.63) is 11.1 Å². The molecule has 0 saturated heterocycles. The normalized spacial score (nSPS) is 10.2. The van der Waals surface area contributed by atoms with Gasteiger partial charge in [-0.15, -0.1) is 11.3 Å². The van der Waals surface area contributed by atoms with E-state index < -0.39 is 0 Å². The number of anilines is 1. The van der Waals surface area contributed by atoms with Crippen molar-refractivity contribution in [2.75, 3.05) is 23.3 Å². The lowest BCUT2D eigenvalue weighted by molar-refractivity contribution is 0.866. The zero-order chi connectivity index (χ0) is 8.97. The molecule has 0 atom stereocenters. The molecule has 0 spiro atoms. The second-order valence-electron chi connectivity index (χ2n) is 2.54. The van der Waals surface area contributed by atoms with E-state index in [0.29, 0.717) is 0 Å². The first kappa shape index (κ1) is 9.99. The Morgan fingerprint density at radius 1 is 1.67 bits per heavy atom. The molecule has 0 saturated carbocycles. The molecular weight excluding hydrogens is 236 g/mol. The van der Waals surface area contributed by atoms with Crippen molar-refractivity contribution in [1.82, 2.24) is 4.98 Å². The van der Waals surface area contributed by atoms with Crippen molar-refractivity contribution in [1.29, 1.82) is 0 Å². The van der Waals surface area contributed by atoms with Crippen molar-refractivity contribution in [3.8, 4) is 0 Å². The molecule has 4 heteroatoms. The zero-order valence-corrected chi connectivity index (χ0v) is 9.78. The first-order valence-corrected chi connectivity index (χ1v) is 6.01. The van der Waals surface area contributed by atoms with Crippen molar-refractivity contribution in [2.45, 2.75) is 13.8 Å². The lowest BCUT2D eigenvalue weighted by atomic mass is 10.5. The molecule has 1 aromatic rings. The van der Waals surface area contributed by atoms with E-state index >= 15 is 0 Å². The molecule has 1 rings (SSSR count). The van der Waals surface area contributed by atoms with Gasteiger partial charge in [0, 0.05) is 23.8 Å². The first-order chi connectivity index (χ1) is 5.77. The summed E-state index contributed by atoms with van der Waals surface area (Å²) in [6, 6.07) is 0. The topological polar surface area (TPSA) is 16.1 Å². The highest BCUT2D eigenvalue weighted by Gasteiger charge is 2.06. The van der Waals surface area contributed by atoms with Gasteiger partial charge in [0.1, 0.15) is 0 Å². The fourth-order valence-electron chi connectivity index (χ4n) is 0.978. The molecule has 0 N–H and O–H groups in total. The van der Waals surface area contributed by atoms with Crippen LogP contribution in [-0.4, -0.2) is 23.4 Å². The molecule has 0 aromatic carbocycles. The Kier molecular flexibility index (Phi) is 4.01. The van der Waals surface area contributed by atoms with Gasteiger partial charge in [-0.25, -0.2) is 4.98 Å². The lowest BCUT2D eigenvalue weighted by Crippen LogP contribution is -2.24. The van der Waals surface area contributed by atoms with Gasteiger partial charge in [0.15, 0.2) is 5.13 Å². The van der Waals surface area contributed by atoms with Crippen LogP contribution in [0, 0.1) is 6.92 Å². The second-order valence-corrected chi connectivity index (χ2v) is 4.17. The van der Waals surface area contributed by atoms with Crippen LogP contribution < -0.4 is 4.90 Å². The highest BCUT2D eigenvalue weighted by Crippen LogP contribution is 2.19. The molecule has 1 aromatic heterocycles. The van der Waals surface area contributed by atoms with Crippen molar-refractivity contribution in [2.24, 2.45) is 0 Å². The number of hydrogen-bond acceptors (Lipinski definition) is 3. The Bertz CT molecular complexity index is 237. The van der Waals surface area contributed by atoms with Gasteiger partial charge in [-0.2, -0.15) is 0 Å². The molecule has 0 bridgehead atoms. The van der Waals surface area contributed by atoms with E-state index in [0.717, 1.165) is 29.2 Å². The number of aromatic nitrogens is 1. The maximum absolute atomic E-state index is 4.42. The second kappa shape index (κ2) is 4.82. The summed E-state index contributed by atoms with van der Waals surface area (Å²) in [5.74, 6) is 0. The van der Waals surface area contributed by atoms with Gasteiger partial charge in [-0.1, -0.05) is 15.9 Å². The Balaban J connectivity index is 2.66. The minimum atomic E-state index is 0.999. The summed E-state index contributed by atoms with van der Waals surface area (Å²) >= 11 is 5.15. The Hall–Kier alpha value is -0.0900. The molecule has 0 fully saturated rings. The van der Waals surface area contributed by atoms with Crippen LogP contribution in [0.2, 0.25) is 0 Å². The summed E-state index contributed by atoms with van der Waals surface area (Å²) in [4.78, 5) is 6.69. The minimum absolute atomic E-state index is 0.999. The monoisotopic (exact) mass is 248 g/mol. The number of rotatable bonds is 4. The van der Waals surface area contributed by atoms with Crippen LogP contribution in [0.4, 0.5) is 5.13 Å². The summed E-state index contributed by atoms with van der Waals surface area (Å²) in [5.41, 5.74) is 1.11. The number of alkyl halides is 1. The first-order valence-electron chi connectivity index (χ1n) is 4.01. The molecule has 68 valence electrons. The van der Waals surface area contributed by atoms with E-state index in [1.54, 1.807) is 11.3 Å². The van der Waals surface area contributed by atoms with Crippen molar-refractivity contribution >= 4 is 32.4 Å². The Labute approximate surface area is 85.7 Å². The number of halogens is 1. The SMILES string of the molecule is CCN(CCBr)c1nc(C)cs1. The summed E-state index contributed by atoms with van der Waals surface area (Å²) in [5, 5.41) is 4.22. The van der Waals surface area contributed by atoms with Crippen LogP contribution >= 0.6 is 27.3 Å². The Morgan fingerprint density at radius 3 is 2.83 bits per heavy atom. The molecule has 0 aliphatic carbocycles. The highest BCUT2D eigenvalue weighted by molar-refractivity contribution is 9.09. The molecule has 0 unspecified atom stereocenters. The number of nitrogens with zero attached hydrogens (tertiary/aromatic N) is 2. The Morgan fingerprint density at radius 2 is 2.42 bits per heavy atom. The highest BCUT2D eigenvalue weighted by atomic mass is 79.9. The van der Waals surface area contributed by atoms with Crippen molar-refractivity contribution in [3.63, 3.8) is 0 Å². The molecule has 2 nitrogen and oxygen atoms in total. The lowest BCUT2D eigenvalue weighted by Gasteiger charge is -2.17. The predicted molar refractivity (Wildman–Crippen MR) is 58.5 cm³/mol. The molecule has 0 amide bonds. The number of hydrogen-bond donors (Lipinski definition) is 0. The standard InChI is InChI=1S/C8H13BrN2S/c1-3-11(5-4-9)8-10-7(2)6-12-8/h6H,3-5H2,1-2H3. The summed E-state index contributed by atoms with van der Waals surface area (Å²) in [6.07, 6.45) is 0. The molecule has 0 aliphatic heterocycles. The number of aryl methyl sites for hydroxylation is 1. The summed E-state index contributed by atoms with van der Waals surface area (Å²) < 4.78 is 0. The maximum Gasteiger partial charge on any atom is 0.185 e. The average Bonchev–Trinajstić information content (AvgIpc) is 2.47. The summed E-state index contributed by atoms with van der Waals surface area (Å²) in [6.45, 7) is 6.24. The molecule has 12 heavy (non-hydrogen) atoms.